The van der Waals surface area contributed by atoms with Gasteiger partial charge >= 0.3 is 0 Å². The van der Waals surface area contributed by atoms with Gasteiger partial charge in [0.05, 0.1) is 0 Å². The quantitative estimate of drug-likeness (QED) is 0.775. The van der Waals surface area contributed by atoms with Gasteiger partial charge in [-0.1, -0.05) is 20.3 Å². The molecule has 0 heterocycles. The zero-order chi connectivity index (χ0) is 12.1. The summed E-state index contributed by atoms with van der Waals surface area (Å²) in [5.41, 5.74) is 0. The van der Waals surface area contributed by atoms with Gasteiger partial charge in [-0.2, -0.15) is 0 Å². The van der Waals surface area contributed by atoms with Crippen LogP contribution in [0.3, 0.4) is 0 Å². The molecule has 0 aromatic heterocycles. The Kier molecular flexibility index (Phi) is 5.77. The van der Waals surface area contributed by atoms with Crippen LogP contribution in [0.1, 0.15) is 53.4 Å². The van der Waals surface area contributed by atoms with Crippen LogP contribution in [0.4, 0.5) is 0 Å². The first-order chi connectivity index (χ1) is 7.54. The van der Waals surface area contributed by atoms with Gasteiger partial charge < -0.3 is 5.32 Å². The third kappa shape index (κ3) is 4.06. The Morgan fingerprint density at radius 2 is 1.88 bits per heavy atom. The Balaban J connectivity index is 2.55. The molecule has 2 heteroatoms. The average molecular weight is 226 g/mol. The minimum Gasteiger partial charge on any atom is -0.317 e. The molecule has 96 valence electrons. The number of hydrogen-bond donors (Lipinski definition) is 1. The molecule has 2 atom stereocenters. The third-order valence-corrected chi connectivity index (χ3v) is 3.76. The molecule has 1 rings (SSSR count). The van der Waals surface area contributed by atoms with Gasteiger partial charge in [0.2, 0.25) is 0 Å². The summed E-state index contributed by atoms with van der Waals surface area (Å²) in [5.74, 6) is 0.775. The van der Waals surface area contributed by atoms with Crippen molar-refractivity contribution in [1.82, 2.24) is 10.2 Å². The van der Waals surface area contributed by atoms with Crippen molar-refractivity contribution in [3.8, 4) is 0 Å². The fourth-order valence-electron chi connectivity index (χ4n) is 2.93. The minimum atomic E-state index is 0.683. The van der Waals surface area contributed by atoms with E-state index in [2.05, 4.69) is 45.0 Å². The predicted octanol–water partition coefficient (Wildman–Crippen LogP) is 2.88. The molecule has 0 aromatic carbocycles. The first-order valence-corrected chi connectivity index (χ1v) is 6.97. The van der Waals surface area contributed by atoms with E-state index >= 15 is 0 Å². The van der Waals surface area contributed by atoms with Crippen molar-refractivity contribution in [2.75, 3.05) is 13.6 Å². The fourth-order valence-corrected chi connectivity index (χ4v) is 2.93. The summed E-state index contributed by atoms with van der Waals surface area (Å²) in [7, 11) is 2.11. The third-order valence-electron chi connectivity index (χ3n) is 3.76. The fraction of sp³-hybridized carbons (Fsp3) is 1.00. The summed E-state index contributed by atoms with van der Waals surface area (Å²) >= 11 is 0. The molecule has 1 aliphatic rings. The highest BCUT2D eigenvalue weighted by molar-refractivity contribution is 4.85. The highest BCUT2D eigenvalue weighted by atomic mass is 15.2. The van der Waals surface area contributed by atoms with E-state index in [0.717, 1.165) is 18.0 Å². The second-order valence-electron chi connectivity index (χ2n) is 5.99. The average Bonchev–Trinajstić information content (AvgIpc) is 2.25. The summed E-state index contributed by atoms with van der Waals surface area (Å²) in [5, 5.41) is 3.45. The number of nitrogens with zero attached hydrogens (tertiary/aromatic N) is 1. The second kappa shape index (κ2) is 6.61. The van der Waals surface area contributed by atoms with Crippen molar-refractivity contribution < 1.29 is 0 Å². The van der Waals surface area contributed by atoms with Crippen molar-refractivity contribution in [1.29, 1.82) is 0 Å². The number of hydrogen-bond acceptors (Lipinski definition) is 2. The van der Waals surface area contributed by atoms with Crippen molar-refractivity contribution in [2.45, 2.75) is 71.5 Å². The number of nitrogens with one attached hydrogen (secondary N) is 1. The molecule has 0 bridgehead atoms. The number of rotatable bonds is 5. The summed E-state index contributed by atoms with van der Waals surface area (Å²) in [6.45, 7) is 10.6. The van der Waals surface area contributed by atoms with Gasteiger partial charge in [0.25, 0.3) is 0 Å². The molecule has 0 saturated heterocycles. The van der Waals surface area contributed by atoms with Crippen LogP contribution in [0.15, 0.2) is 0 Å². The largest absolute Gasteiger partial charge is 0.317 e. The van der Waals surface area contributed by atoms with Gasteiger partial charge in [0.1, 0.15) is 0 Å². The van der Waals surface area contributed by atoms with Crippen LogP contribution in [-0.4, -0.2) is 36.6 Å². The SMILES string of the molecule is CNC1CCCC(N(CC(C)C)C(C)C)C1. The molecule has 1 aliphatic carbocycles. The lowest BCUT2D eigenvalue weighted by molar-refractivity contribution is 0.0956. The molecule has 2 unspecified atom stereocenters. The van der Waals surface area contributed by atoms with E-state index in [1.54, 1.807) is 0 Å². The van der Waals surface area contributed by atoms with Crippen LogP contribution < -0.4 is 5.32 Å². The maximum atomic E-state index is 3.45. The molecule has 0 radical (unpaired) electrons. The van der Waals surface area contributed by atoms with Crippen LogP contribution in [0.5, 0.6) is 0 Å². The van der Waals surface area contributed by atoms with Gasteiger partial charge in [-0.05, 0) is 46.1 Å². The van der Waals surface area contributed by atoms with Crippen molar-refractivity contribution >= 4 is 0 Å². The Bertz CT molecular complexity index is 189. The summed E-state index contributed by atoms with van der Waals surface area (Å²) < 4.78 is 0. The lowest BCUT2D eigenvalue weighted by Crippen LogP contribution is -2.47. The Morgan fingerprint density at radius 1 is 1.19 bits per heavy atom. The normalized spacial score (nSPS) is 27.0. The summed E-state index contributed by atoms with van der Waals surface area (Å²) in [6.07, 6.45) is 5.47. The molecule has 0 aliphatic heterocycles. The van der Waals surface area contributed by atoms with E-state index in [9.17, 15) is 0 Å². The predicted molar refractivity (Wildman–Crippen MR) is 71.8 cm³/mol. The van der Waals surface area contributed by atoms with E-state index < -0.39 is 0 Å². The highest BCUT2D eigenvalue weighted by Crippen LogP contribution is 2.25. The van der Waals surface area contributed by atoms with Crippen molar-refractivity contribution in [2.24, 2.45) is 5.92 Å². The van der Waals surface area contributed by atoms with Gasteiger partial charge in [0.15, 0.2) is 0 Å². The zero-order valence-electron chi connectivity index (χ0n) is 11.8. The van der Waals surface area contributed by atoms with Crippen LogP contribution in [0, 0.1) is 5.92 Å². The summed E-state index contributed by atoms with van der Waals surface area (Å²) in [6, 6.07) is 2.23. The monoisotopic (exact) mass is 226 g/mol. The lowest BCUT2D eigenvalue weighted by atomic mass is 9.89. The molecule has 0 aromatic rings. The molecule has 1 saturated carbocycles. The Morgan fingerprint density at radius 3 is 2.38 bits per heavy atom. The first-order valence-electron chi connectivity index (χ1n) is 6.97. The topological polar surface area (TPSA) is 15.3 Å². The zero-order valence-corrected chi connectivity index (χ0v) is 11.8. The van der Waals surface area contributed by atoms with E-state index in [4.69, 9.17) is 0 Å². The van der Waals surface area contributed by atoms with E-state index in [1.165, 1.54) is 32.2 Å². The summed E-state index contributed by atoms with van der Waals surface area (Å²) in [4.78, 5) is 2.72. The second-order valence-corrected chi connectivity index (χ2v) is 5.99. The minimum absolute atomic E-state index is 0.683. The Labute approximate surface area is 102 Å². The molecular formula is C14H30N2. The van der Waals surface area contributed by atoms with E-state index in [0.29, 0.717) is 6.04 Å². The van der Waals surface area contributed by atoms with Crippen LogP contribution in [0.25, 0.3) is 0 Å². The first kappa shape index (κ1) is 14.0. The van der Waals surface area contributed by atoms with E-state index in [-0.39, 0.29) is 0 Å². The molecule has 1 fully saturated rings. The van der Waals surface area contributed by atoms with Gasteiger partial charge in [0, 0.05) is 24.7 Å². The molecule has 16 heavy (non-hydrogen) atoms. The smallest absolute Gasteiger partial charge is 0.0113 e. The van der Waals surface area contributed by atoms with Crippen LogP contribution >= 0.6 is 0 Å². The highest BCUT2D eigenvalue weighted by Gasteiger charge is 2.27. The Hall–Kier alpha value is -0.0800. The van der Waals surface area contributed by atoms with Crippen LogP contribution in [-0.2, 0) is 0 Å². The molecule has 0 spiro atoms. The van der Waals surface area contributed by atoms with Crippen molar-refractivity contribution in [3.05, 3.63) is 0 Å². The van der Waals surface area contributed by atoms with E-state index in [1.807, 2.05) is 0 Å². The van der Waals surface area contributed by atoms with Gasteiger partial charge in [-0.25, -0.2) is 0 Å². The maximum absolute atomic E-state index is 3.45. The maximum Gasteiger partial charge on any atom is 0.0113 e. The molecular weight excluding hydrogens is 196 g/mol. The standard InChI is InChI=1S/C14H30N2/c1-11(2)10-16(12(3)4)14-8-6-7-13(9-14)15-5/h11-15H,6-10H2,1-5H3. The van der Waals surface area contributed by atoms with Crippen LogP contribution in [0.2, 0.25) is 0 Å². The molecule has 2 nitrogen and oxygen atoms in total. The molecule has 0 amide bonds. The lowest BCUT2D eigenvalue weighted by Gasteiger charge is -2.40. The molecule has 1 N–H and O–H groups in total. The van der Waals surface area contributed by atoms with Gasteiger partial charge in [-0.3, -0.25) is 4.90 Å². The van der Waals surface area contributed by atoms with Crippen molar-refractivity contribution in [3.63, 3.8) is 0 Å². The van der Waals surface area contributed by atoms with Gasteiger partial charge in [-0.15, -0.1) is 0 Å².